The summed E-state index contributed by atoms with van der Waals surface area (Å²) in [4.78, 5) is 0. The van der Waals surface area contributed by atoms with E-state index in [-0.39, 0.29) is 6.04 Å². The van der Waals surface area contributed by atoms with Crippen molar-refractivity contribution in [1.82, 2.24) is 5.16 Å². The van der Waals surface area contributed by atoms with Crippen molar-refractivity contribution in [2.45, 2.75) is 26.5 Å². The summed E-state index contributed by atoms with van der Waals surface area (Å²) in [5.41, 5.74) is 7.72. The molecule has 0 aliphatic rings. The molecule has 0 bridgehead atoms. The van der Waals surface area contributed by atoms with Crippen molar-refractivity contribution in [2.24, 2.45) is 5.73 Å². The average Bonchev–Trinajstić information content (AvgIpc) is 2.73. The highest BCUT2D eigenvalue weighted by Gasteiger charge is 2.03. The van der Waals surface area contributed by atoms with Gasteiger partial charge in [-0.05, 0) is 31.5 Å². The van der Waals surface area contributed by atoms with Crippen molar-refractivity contribution in [3.8, 4) is 5.75 Å². The van der Waals surface area contributed by atoms with Crippen LogP contribution in [0, 0.1) is 6.92 Å². The zero-order chi connectivity index (χ0) is 12.3. The Balaban J connectivity index is 1.95. The van der Waals surface area contributed by atoms with Gasteiger partial charge in [-0.1, -0.05) is 17.3 Å². The molecule has 4 heteroatoms. The van der Waals surface area contributed by atoms with E-state index in [2.05, 4.69) is 5.16 Å². The molecule has 1 aromatic heterocycles. The Labute approximate surface area is 100 Å². The fourth-order valence-corrected chi connectivity index (χ4v) is 1.51. The van der Waals surface area contributed by atoms with Gasteiger partial charge in [-0.3, -0.25) is 0 Å². The molecule has 2 N–H and O–H groups in total. The van der Waals surface area contributed by atoms with Crippen molar-refractivity contribution in [3.05, 3.63) is 47.3 Å². The zero-order valence-electron chi connectivity index (χ0n) is 10.0. The predicted octanol–water partition coefficient (Wildman–Crippen LogP) is 2.58. The molecule has 4 nitrogen and oxygen atoms in total. The molecule has 1 heterocycles. The van der Waals surface area contributed by atoms with Crippen molar-refractivity contribution in [2.75, 3.05) is 0 Å². The standard InChI is InChI=1S/C13H16N2O2/c1-9-7-13(17-15-9)8-16-12-5-3-11(4-6-12)10(2)14/h3-7,10H,8,14H2,1-2H3/t10-/m0/s1. The fraction of sp³-hybridized carbons (Fsp3) is 0.308. The Kier molecular flexibility index (Phi) is 3.44. The van der Waals surface area contributed by atoms with Gasteiger partial charge in [0.05, 0.1) is 5.69 Å². The molecule has 1 atom stereocenters. The summed E-state index contributed by atoms with van der Waals surface area (Å²) in [6.07, 6.45) is 0. The number of ether oxygens (including phenoxy) is 1. The summed E-state index contributed by atoms with van der Waals surface area (Å²) in [5, 5.41) is 3.79. The van der Waals surface area contributed by atoms with Gasteiger partial charge >= 0.3 is 0 Å². The number of hydrogen-bond donors (Lipinski definition) is 1. The zero-order valence-corrected chi connectivity index (χ0v) is 10.0. The first kappa shape index (κ1) is 11.7. The lowest BCUT2D eigenvalue weighted by Crippen LogP contribution is -2.04. The van der Waals surface area contributed by atoms with Crippen LogP contribution >= 0.6 is 0 Å². The second-order valence-electron chi connectivity index (χ2n) is 4.08. The van der Waals surface area contributed by atoms with Crippen LogP contribution in [0.25, 0.3) is 0 Å². The highest BCUT2D eigenvalue weighted by atomic mass is 16.5. The fourth-order valence-electron chi connectivity index (χ4n) is 1.51. The summed E-state index contributed by atoms with van der Waals surface area (Å²) in [7, 11) is 0. The van der Waals surface area contributed by atoms with Gasteiger partial charge in [0.25, 0.3) is 0 Å². The predicted molar refractivity (Wildman–Crippen MR) is 64.6 cm³/mol. The Morgan fingerprint density at radius 1 is 1.35 bits per heavy atom. The Hall–Kier alpha value is -1.81. The molecule has 0 aliphatic carbocycles. The summed E-state index contributed by atoms with van der Waals surface area (Å²) in [6, 6.07) is 9.64. The third-order valence-corrected chi connectivity index (χ3v) is 2.46. The number of aromatic nitrogens is 1. The topological polar surface area (TPSA) is 61.3 Å². The average molecular weight is 232 g/mol. The maximum absolute atomic E-state index is 5.77. The lowest BCUT2D eigenvalue weighted by molar-refractivity contribution is 0.248. The van der Waals surface area contributed by atoms with Gasteiger partial charge in [-0.2, -0.15) is 0 Å². The van der Waals surface area contributed by atoms with E-state index in [1.165, 1.54) is 0 Å². The second kappa shape index (κ2) is 5.01. The Morgan fingerprint density at radius 3 is 2.59 bits per heavy atom. The molecular weight excluding hydrogens is 216 g/mol. The molecule has 1 aromatic carbocycles. The van der Waals surface area contributed by atoms with Crippen LogP contribution in [0.15, 0.2) is 34.9 Å². The molecule has 0 spiro atoms. The Bertz CT molecular complexity index is 474. The van der Waals surface area contributed by atoms with Crippen LogP contribution in [0.5, 0.6) is 5.75 Å². The number of nitrogens with zero attached hydrogens (tertiary/aromatic N) is 1. The van der Waals surface area contributed by atoms with Crippen LogP contribution in [0.3, 0.4) is 0 Å². The molecule has 0 saturated heterocycles. The quantitative estimate of drug-likeness (QED) is 0.880. The third-order valence-electron chi connectivity index (χ3n) is 2.46. The number of benzene rings is 1. The van der Waals surface area contributed by atoms with E-state index in [4.69, 9.17) is 15.0 Å². The minimum absolute atomic E-state index is 0.0426. The van der Waals surface area contributed by atoms with Crippen LogP contribution in [0.1, 0.15) is 30.0 Å². The number of nitrogens with two attached hydrogens (primary N) is 1. The van der Waals surface area contributed by atoms with Crippen molar-refractivity contribution < 1.29 is 9.26 Å². The summed E-state index contributed by atoms with van der Waals surface area (Å²) < 4.78 is 10.6. The molecule has 2 rings (SSSR count). The summed E-state index contributed by atoms with van der Waals surface area (Å²) in [6.45, 7) is 4.22. The lowest BCUT2D eigenvalue weighted by Gasteiger charge is -2.07. The van der Waals surface area contributed by atoms with E-state index in [1.54, 1.807) is 0 Å². The first-order valence-corrected chi connectivity index (χ1v) is 5.55. The van der Waals surface area contributed by atoms with Crippen molar-refractivity contribution in [1.29, 1.82) is 0 Å². The van der Waals surface area contributed by atoms with Gasteiger partial charge < -0.3 is 15.0 Å². The van der Waals surface area contributed by atoms with E-state index in [0.717, 1.165) is 22.8 Å². The molecule has 0 saturated carbocycles. The molecule has 0 radical (unpaired) electrons. The molecule has 17 heavy (non-hydrogen) atoms. The van der Waals surface area contributed by atoms with Crippen molar-refractivity contribution in [3.63, 3.8) is 0 Å². The smallest absolute Gasteiger partial charge is 0.174 e. The van der Waals surface area contributed by atoms with E-state index >= 15 is 0 Å². The van der Waals surface area contributed by atoms with Gasteiger partial charge in [0.15, 0.2) is 5.76 Å². The molecule has 2 aromatic rings. The SMILES string of the molecule is Cc1cc(COc2ccc([C@H](C)N)cc2)on1. The molecule has 0 fully saturated rings. The van der Waals surface area contributed by atoms with Crippen LogP contribution in [-0.2, 0) is 6.61 Å². The van der Waals surface area contributed by atoms with Crippen LogP contribution in [0.2, 0.25) is 0 Å². The number of hydrogen-bond acceptors (Lipinski definition) is 4. The first-order valence-electron chi connectivity index (χ1n) is 5.55. The summed E-state index contributed by atoms with van der Waals surface area (Å²) in [5.74, 6) is 1.52. The summed E-state index contributed by atoms with van der Waals surface area (Å²) >= 11 is 0. The van der Waals surface area contributed by atoms with Gasteiger partial charge in [0, 0.05) is 12.1 Å². The second-order valence-corrected chi connectivity index (χ2v) is 4.08. The minimum Gasteiger partial charge on any atom is -0.486 e. The highest BCUT2D eigenvalue weighted by molar-refractivity contribution is 5.28. The normalized spacial score (nSPS) is 12.4. The maximum atomic E-state index is 5.77. The first-order chi connectivity index (χ1) is 8.15. The molecule has 0 amide bonds. The lowest BCUT2D eigenvalue weighted by atomic mass is 10.1. The largest absolute Gasteiger partial charge is 0.486 e. The van der Waals surface area contributed by atoms with E-state index in [0.29, 0.717) is 6.61 Å². The molecule has 0 unspecified atom stereocenters. The van der Waals surface area contributed by atoms with Gasteiger partial charge in [0.2, 0.25) is 0 Å². The maximum Gasteiger partial charge on any atom is 0.174 e. The molecule has 0 aliphatic heterocycles. The van der Waals surface area contributed by atoms with Gasteiger partial charge in [-0.15, -0.1) is 0 Å². The van der Waals surface area contributed by atoms with Crippen LogP contribution < -0.4 is 10.5 Å². The Morgan fingerprint density at radius 2 is 2.06 bits per heavy atom. The van der Waals surface area contributed by atoms with Crippen LogP contribution in [-0.4, -0.2) is 5.16 Å². The van der Waals surface area contributed by atoms with Crippen LogP contribution in [0.4, 0.5) is 0 Å². The minimum atomic E-state index is 0.0426. The van der Waals surface area contributed by atoms with E-state index in [9.17, 15) is 0 Å². The third kappa shape index (κ3) is 3.07. The monoisotopic (exact) mass is 232 g/mol. The number of rotatable bonds is 4. The van der Waals surface area contributed by atoms with E-state index in [1.807, 2.05) is 44.2 Å². The molecular formula is C13H16N2O2. The van der Waals surface area contributed by atoms with E-state index < -0.39 is 0 Å². The van der Waals surface area contributed by atoms with Gasteiger partial charge in [0.1, 0.15) is 12.4 Å². The highest BCUT2D eigenvalue weighted by Crippen LogP contribution is 2.17. The van der Waals surface area contributed by atoms with Gasteiger partial charge in [-0.25, -0.2) is 0 Å². The van der Waals surface area contributed by atoms with Crippen molar-refractivity contribution >= 4 is 0 Å². The molecule has 90 valence electrons. The number of aryl methyl sites for hydroxylation is 1.